The Bertz CT molecular complexity index is 354. The van der Waals surface area contributed by atoms with Crippen LogP contribution in [0.5, 0.6) is 0 Å². The number of hydrogen-bond acceptors (Lipinski definition) is 3. The Morgan fingerprint density at radius 1 is 1.25 bits per heavy atom. The molecule has 0 amide bonds. The van der Waals surface area contributed by atoms with E-state index in [2.05, 4.69) is 41.7 Å². The van der Waals surface area contributed by atoms with Crippen LogP contribution in [-0.4, -0.2) is 43.1 Å². The molecule has 2 heterocycles. The second-order valence-electron chi connectivity index (χ2n) is 4.57. The minimum absolute atomic E-state index is 1.07. The third kappa shape index (κ3) is 2.19. The SMILES string of the molecule is CCc1c(C)ccnc1N1CCN(C)CC1. The molecule has 1 saturated heterocycles. The molecule has 1 fully saturated rings. The zero-order valence-corrected chi connectivity index (χ0v) is 10.5. The first-order valence-electron chi connectivity index (χ1n) is 6.10. The number of hydrogen-bond donors (Lipinski definition) is 0. The van der Waals surface area contributed by atoms with Gasteiger partial charge in [-0.15, -0.1) is 0 Å². The number of pyridine rings is 1. The minimum atomic E-state index is 1.07. The van der Waals surface area contributed by atoms with E-state index in [0.717, 1.165) is 32.6 Å². The summed E-state index contributed by atoms with van der Waals surface area (Å²) in [5.41, 5.74) is 2.78. The summed E-state index contributed by atoms with van der Waals surface area (Å²) < 4.78 is 0. The third-order valence-electron chi connectivity index (χ3n) is 3.42. The Kier molecular flexibility index (Phi) is 3.44. The molecule has 1 aromatic heterocycles. The molecule has 0 bridgehead atoms. The smallest absolute Gasteiger partial charge is 0.132 e. The lowest BCUT2D eigenvalue weighted by molar-refractivity contribution is 0.312. The van der Waals surface area contributed by atoms with Crippen molar-refractivity contribution in [3.63, 3.8) is 0 Å². The molecule has 0 aromatic carbocycles. The lowest BCUT2D eigenvalue weighted by atomic mass is 10.1. The molecule has 1 aliphatic heterocycles. The summed E-state index contributed by atoms with van der Waals surface area (Å²) in [6.45, 7) is 8.86. The Balaban J connectivity index is 2.23. The Morgan fingerprint density at radius 2 is 1.94 bits per heavy atom. The first-order valence-corrected chi connectivity index (χ1v) is 6.10. The van der Waals surface area contributed by atoms with Gasteiger partial charge in [-0.3, -0.25) is 0 Å². The quantitative estimate of drug-likeness (QED) is 0.755. The van der Waals surface area contributed by atoms with Crippen molar-refractivity contribution in [2.75, 3.05) is 38.1 Å². The Morgan fingerprint density at radius 3 is 2.56 bits per heavy atom. The second kappa shape index (κ2) is 4.83. The molecule has 0 N–H and O–H groups in total. The van der Waals surface area contributed by atoms with Crippen LogP contribution in [0, 0.1) is 6.92 Å². The van der Waals surface area contributed by atoms with Gasteiger partial charge in [-0.2, -0.15) is 0 Å². The molecular formula is C13H21N3. The summed E-state index contributed by atoms with van der Waals surface area (Å²) in [7, 11) is 2.18. The molecule has 0 unspecified atom stereocenters. The number of piperazine rings is 1. The van der Waals surface area contributed by atoms with Gasteiger partial charge in [0.05, 0.1) is 0 Å². The van der Waals surface area contributed by atoms with E-state index in [1.54, 1.807) is 0 Å². The maximum absolute atomic E-state index is 4.57. The predicted octanol–water partition coefficient (Wildman–Crippen LogP) is 1.70. The normalized spacial score (nSPS) is 17.8. The van der Waals surface area contributed by atoms with Crippen molar-refractivity contribution in [2.24, 2.45) is 0 Å². The van der Waals surface area contributed by atoms with Crippen molar-refractivity contribution in [1.29, 1.82) is 0 Å². The molecule has 1 aromatic rings. The van der Waals surface area contributed by atoms with Crippen LogP contribution in [-0.2, 0) is 6.42 Å². The van der Waals surface area contributed by atoms with E-state index in [0.29, 0.717) is 0 Å². The second-order valence-corrected chi connectivity index (χ2v) is 4.57. The molecular weight excluding hydrogens is 198 g/mol. The monoisotopic (exact) mass is 219 g/mol. The van der Waals surface area contributed by atoms with E-state index in [-0.39, 0.29) is 0 Å². The minimum Gasteiger partial charge on any atom is -0.354 e. The zero-order valence-electron chi connectivity index (χ0n) is 10.5. The molecule has 88 valence electrons. The van der Waals surface area contributed by atoms with Crippen LogP contribution >= 0.6 is 0 Å². The number of likely N-dealkylation sites (N-methyl/N-ethyl adjacent to an activating group) is 1. The van der Waals surface area contributed by atoms with Gasteiger partial charge < -0.3 is 9.80 Å². The van der Waals surface area contributed by atoms with Crippen LogP contribution in [0.1, 0.15) is 18.1 Å². The molecule has 3 nitrogen and oxygen atoms in total. The summed E-state index contributed by atoms with van der Waals surface area (Å²) in [6.07, 6.45) is 3.00. The number of anilines is 1. The van der Waals surface area contributed by atoms with Crippen LogP contribution in [0.3, 0.4) is 0 Å². The molecule has 16 heavy (non-hydrogen) atoms. The number of nitrogens with zero attached hydrogens (tertiary/aromatic N) is 3. The first-order chi connectivity index (χ1) is 7.72. The zero-order chi connectivity index (χ0) is 11.5. The van der Waals surface area contributed by atoms with Crippen LogP contribution in [0.25, 0.3) is 0 Å². The lowest BCUT2D eigenvalue weighted by Gasteiger charge is -2.34. The Labute approximate surface area is 98.1 Å². The highest BCUT2D eigenvalue weighted by molar-refractivity contribution is 5.50. The largest absolute Gasteiger partial charge is 0.354 e. The van der Waals surface area contributed by atoms with Gasteiger partial charge in [0.2, 0.25) is 0 Å². The topological polar surface area (TPSA) is 19.4 Å². The summed E-state index contributed by atoms with van der Waals surface area (Å²) in [5.74, 6) is 1.20. The maximum atomic E-state index is 4.57. The third-order valence-corrected chi connectivity index (χ3v) is 3.42. The molecule has 0 spiro atoms. The van der Waals surface area contributed by atoms with Crippen LogP contribution in [0.4, 0.5) is 5.82 Å². The first kappa shape index (κ1) is 11.4. The van der Waals surface area contributed by atoms with Crippen molar-refractivity contribution in [1.82, 2.24) is 9.88 Å². The van der Waals surface area contributed by atoms with Crippen LogP contribution in [0.2, 0.25) is 0 Å². The van der Waals surface area contributed by atoms with Crippen LogP contribution < -0.4 is 4.90 Å². The average Bonchev–Trinajstić information content (AvgIpc) is 2.30. The van der Waals surface area contributed by atoms with E-state index in [9.17, 15) is 0 Å². The van der Waals surface area contributed by atoms with Gasteiger partial charge >= 0.3 is 0 Å². The highest BCUT2D eigenvalue weighted by atomic mass is 15.3. The number of aromatic nitrogens is 1. The van der Waals surface area contributed by atoms with E-state index in [1.165, 1.54) is 16.9 Å². The van der Waals surface area contributed by atoms with Crippen molar-refractivity contribution in [3.8, 4) is 0 Å². The summed E-state index contributed by atoms with van der Waals surface area (Å²) in [5, 5.41) is 0. The molecule has 1 aliphatic rings. The van der Waals surface area contributed by atoms with Gasteiger partial charge in [-0.05, 0) is 37.6 Å². The van der Waals surface area contributed by atoms with E-state index >= 15 is 0 Å². The maximum Gasteiger partial charge on any atom is 0.132 e. The molecule has 0 radical (unpaired) electrons. The van der Waals surface area contributed by atoms with Gasteiger partial charge in [0.15, 0.2) is 0 Å². The predicted molar refractivity (Wildman–Crippen MR) is 68.1 cm³/mol. The molecule has 0 saturated carbocycles. The standard InChI is InChI=1S/C13H21N3/c1-4-12-11(2)5-6-14-13(12)16-9-7-15(3)8-10-16/h5-6H,4,7-10H2,1-3H3. The summed E-state index contributed by atoms with van der Waals surface area (Å²) in [4.78, 5) is 9.36. The van der Waals surface area contributed by atoms with Gasteiger partial charge in [0, 0.05) is 32.4 Å². The number of aryl methyl sites for hydroxylation is 1. The van der Waals surface area contributed by atoms with E-state index < -0.39 is 0 Å². The fourth-order valence-electron chi connectivity index (χ4n) is 2.30. The highest BCUT2D eigenvalue weighted by Crippen LogP contribution is 2.22. The fraction of sp³-hybridized carbons (Fsp3) is 0.615. The van der Waals surface area contributed by atoms with Gasteiger partial charge in [-0.25, -0.2) is 4.98 Å². The number of rotatable bonds is 2. The average molecular weight is 219 g/mol. The van der Waals surface area contributed by atoms with Crippen molar-refractivity contribution in [3.05, 3.63) is 23.4 Å². The highest BCUT2D eigenvalue weighted by Gasteiger charge is 2.18. The van der Waals surface area contributed by atoms with Crippen molar-refractivity contribution >= 4 is 5.82 Å². The fourth-order valence-corrected chi connectivity index (χ4v) is 2.30. The Hall–Kier alpha value is -1.09. The lowest BCUT2D eigenvalue weighted by Crippen LogP contribution is -2.45. The van der Waals surface area contributed by atoms with Gasteiger partial charge in [0.25, 0.3) is 0 Å². The molecule has 2 rings (SSSR count). The van der Waals surface area contributed by atoms with Gasteiger partial charge in [-0.1, -0.05) is 6.92 Å². The summed E-state index contributed by atoms with van der Waals surface area (Å²) >= 11 is 0. The van der Waals surface area contributed by atoms with Gasteiger partial charge in [0.1, 0.15) is 5.82 Å². The molecule has 3 heteroatoms. The summed E-state index contributed by atoms with van der Waals surface area (Å²) in [6, 6.07) is 2.11. The van der Waals surface area contributed by atoms with E-state index in [1.807, 2.05) is 6.20 Å². The molecule has 0 aliphatic carbocycles. The van der Waals surface area contributed by atoms with Crippen molar-refractivity contribution in [2.45, 2.75) is 20.3 Å². The van der Waals surface area contributed by atoms with Crippen molar-refractivity contribution < 1.29 is 0 Å². The molecule has 0 atom stereocenters. The van der Waals surface area contributed by atoms with E-state index in [4.69, 9.17) is 0 Å². The van der Waals surface area contributed by atoms with Crippen LogP contribution in [0.15, 0.2) is 12.3 Å².